The molecule has 2 aromatic heterocycles. The lowest BCUT2D eigenvalue weighted by Gasteiger charge is -2.20. The van der Waals surface area contributed by atoms with Crippen LogP contribution in [0.25, 0.3) is 89.2 Å². The fourth-order valence-corrected chi connectivity index (χ4v) is 8.13. The molecule has 256 valence electrons. The van der Waals surface area contributed by atoms with Crippen LogP contribution < -0.4 is 0 Å². The van der Waals surface area contributed by atoms with Crippen LogP contribution in [0.15, 0.2) is 182 Å². The average molecular weight is 693 g/mol. The Hall–Kier alpha value is -7.04. The number of benzene rings is 8. The molecule has 0 aliphatic heterocycles. The van der Waals surface area contributed by atoms with Crippen molar-refractivity contribution in [2.24, 2.45) is 0 Å². The number of hydrogen-bond acceptors (Lipinski definition) is 2. The van der Waals surface area contributed by atoms with Crippen molar-refractivity contribution >= 4 is 32.8 Å². The summed E-state index contributed by atoms with van der Waals surface area (Å²) in [4.78, 5) is 10.2. The fourth-order valence-electron chi connectivity index (χ4n) is 8.13. The molecule has 2 heterocycles. The Morgan fingerprint density at radius 3 is 1.07 bits per heavy atom. The van der Waals surface area contributed by atoms with Crippen LogP contribution in [-0.4, -0.2) is 19.1 Å². The third-order valence-electron chi connectivity index (χ3n) is 10.8. The summed E-state index contributed by atoms with van der Waals surface area (Å²) in [7, 11) is 0. The molecule has 8 aromatic carbocycles. The molecule has 0 N–H and O–H groups in total. The van der Waals surface area contributed by atoms with Gasteiger partial charge in [0.25, 0.3) is 0 Å². The van der Waals surface area contributed by atoms with E-state index in [0.29, 0.717) is 0 Å². The zero-order valence-corrected chi connectivity index (χ0v) is 30.1. The van der Waals surface area contributed by atoms with Crippen molar-refractivity contribution < 1.29 is 0 Å². The molecule has 0 saturated heterocycles. The normalized spacial score (nSPS) is 11.5. The van der Waals surface area contributed by atoms with Gasteiger partial charge >= 0.3 is 0 Å². The van der Waals surface area contributed by atoms with Crippen molar-refractivity contribution in [3.8, 4) is 56.4 Å². The molecule has 10 aromatic rings. The second-order valence-corrected chi connectivity index (χ2v) is 13.9. The minimum Gasteiger partial charge on any atom is -0.292 e. The third kappa shape index (κ3) is 5.14. The van der Waals surface area contributed by atoms with Gasteiger partial charge in [0.1, 0.15) is 11.6 Å². The van der Waals surface area contributed by atoms with Gasteiger partial charge in [-0.25, -0.2) is 9.97 Å². The Morgan fingerprint density at radius 1 is 0.333 bits per heavy atom. The second-order valence-electron chi connectivity index (χ2n) is 13.9. The first-order valence-corrected chi connectivity index (χ1v) is 18.4. The number of imidazole rings is 2. The van der Waals surface area contributed by atoms with Gasteiger partial charge in [-0.2, -0.15) is 0 Å². The standard InChI is InChI=1S/C50H36N4/c1-33-34(2)48(36-27-31-38(32-28-36)50-52-44-22-12-14-24-46(44)54(50)40-17-7-4-8-18-40)42-20-10-9-19-41(42)47(33)35-25-29-37(30-26-35)49-51-43-21-11-13-23-45(43)53(49)39-15-5-3-6-16-39/h3-32H,1-2H3. The summed E-state index contributed by atoms with van der Waals surface area (Å²) in [5.41, 5.74) is 16.0. The Balaban J connectivity index is 1.06. The molecule has 0 aliphatic rings. The first-order chi connectivity index (χ1) is 26.6. The van der Waals surface area contributed by atoms with Crippen molar-refractivity contribution in [3.63, 3.8) is 0 Å². The summed E-state index contributed by atoms with van der Waals surface area (Å²) < 4.78 is 4.51. The highest BCUT2D eigenvalue weighted by Crippen LogP contribution is 2.42. The molecule has 0 saturated carbocycles. The summed E-state index contributed by atoms with van der Waals surface area (Å²) in [6.45, 7) is 4.53. The van der Waals surface area contributed by atoms with Crippen LogP contribution in [0.3, 0.4) is 0 Å². The first-order valence-electron chi connectivity index (χ1n) is 18.4. The monoisotopic (exact) mass is 692 g/mol. The zero-order chi connectivity index (χ0) is 36.2. The molecule has 0 radical (unpaired) electrons. The molecular formula is C50H36N4. The van der Waals surface area contributed by atoms with E-state index in [-0.39, 0.29) is 0 Å². The van der Waals surface area contributed by atoms with Gasteiger partial charge in [0.15, 0.2) is 0 Å². The first kappa shape index (κ1) is 31.7. The van der Waals surface area contributed by atoms with E-state index in [4.69, 9.17) is 9.97 Å². The summed E-state index contributed by atoms with van der Waals surface area (Å²) in [5, 5.41) is 2.49. The maximum atomic E-state index is 5.10. The van der Waals surface area contributed by atoms with Crippen LogP contribution in [0.1, 0.15) is 11.1 Å². The van der Waals surface area contributed by atoms with Crippen molar-refractivity contribution in [2.45, 2.75) is 13.8 Å². The van der Waals surface area contributed by atoms with Gasteiger partial charge in [0, 0.05) is 22.5 Å². The van der Waals surface area contributed by atoms with Crippen LogP contribution in [-0.2, 0) is 0 Å². The lowest BCUT2D eigenvalue weighted by Crippen LogP contribution is -1.98. The van der Waals surface area contributed by atoms with E-state index in [9.17, 15) is 0 Å². The minimum atomic E-state index is 0.935. The maximum absolute atomic E-state index is 5.10. The number of para-hydroxylation sites is 6. The number of rotatable bonds is 6. The molecule has 0 atom stereocenters. The average Bonchev–Trinajstić information content (AvgIpc) is 3.82. The summed E-state index contributed by atoms with van der Waals surface area (Å²) in [6.07, 6.45) is 0. The van der Waals surface area contributed by atoms with Crippen LogP contribution in [0, 0.1) is 13.8 Å². The quantitative estimate of drug-likeness (QED) is 0.174. The SMILES string of the molecule is Cc1c(C)c(-c2ccc(-c3nc4ccccc4n3-c3ccccc3)cc2)c2ccccc2c1-c1ccc(-c2nc3ccccc3n2-c2ccccc2)cc1. The highest BCUT2D eigenvalue weighted by Gasteiger charge is 2.20. The van der Waals surface area contributed by atoms with E-state index >= 15 is 0 Å². The van der Waals surface area contributed by atoms with Gasteiger partial charge in [-0.1, -0.05) is 133 Å². The lowest BCUT2D eigenvalue weighted by molar-refractivity contribution is 1.10. The zero-order valence-electron chi connectivity index (χ0n) is 30.1. The Kier molecular flexibility index (Phi) is 7.55. The smallest absolute Gasteiger partial charge is 0.145 e. The van der Waals surface area contributed by atoms with Crippen LogP contribution in [0.2, 0.25) is 0 Å². The van der Waals surface area contributed by atoms with E-state index in [2.05, 4.69) is 205 Å². The second kappa shape index (κ2) is 12.9. The van der Waals surface area contributed by atoms with E-state index in [1.165, 1.54) is 44.2 Å². The minimum absolute atomic E-state index is 0.935. The molecule has 0 spiro atoms. The molecule has 0 fully saturated rings. The van der Waals surface area contributed by atoms with Crippen molar-refractivity contribution in [1.82, 2.24) is 19.1 Å². The highest BCUT2D eigenvalue weighted by molar-refractivity contribution is 6.08. The maximum Gasteiger partial charge on any atom is 0.145 e. The Morgan fingerprint density at radius 2 is 0.667 bits per heavy atom. The topological polar surface area (TPSA) is 35.6 Å². The number of nitrogens with zero attached hydrogens (tertiary/aromatic N) is 4. The van der Waals surface area contributed by atoms with Crippen molar-refractivity contribution in [3.05, 3.63) is 193 Å². The molecule has 0 bridgehead atoms. The molecule has 4 heteroatoms. The molecule has 54 heavy (non-hydrogen) atoms. The number of aromatic nitrogens is 4. The molecule has 0 unspecified atom stereocenters. The van der Waals surface area contributed by atoms with E-state index in [1.54, 1.807) is 0 Å². The van der Waals surface area contributed by atoms with Crippen molar-refractivity contribution in [2.75, 3.05) is 0 Å². The number of hydrogen-bond donors (Lipinski definition) is 0. The summed E-state index contributed by atoms with van der Waals surface area (Å²) >= 11 is 0. The van der Waals surface area contributed by atoms with Crippen LogP contribution >= 0.6 is 0 Å². The predicted octanol–water partition coefficient (Wildman–Crippen LogP) is 12.8. The Bertz CT molecular complexity index is 2770. The van der Waals surface area contributed by atoms with Gasteiger partial charge < -0.3 is 0 Å². The van der Waals surface area contributed by atoms with Gasteiger partial charge in [0.05, 0.1) is 22.1 Å². The van der Waals surface area contributed by atoms with E-state index in [0.717, 1.165) is 56.2 Å². The van der Waals surface area contributed by atoms with Gasteiger partial charge in [-0.05, 0) is 107 Å². The molecule has 0 aliphatic carbocycles. The molecule has 4 nitrogen and oxygen atoms in total. The summed E-state index contributed by atoms with van der Waals surface area (Å²) in [5.74, 6) is 1.87. The predicted molar refractivity (Wildman–Crippen MR) is 224 cm³/mol. The highest BCUT2D eigenvalue weighted by atomic mass is 15.1. The molecule has 0 amide bonds. The third-order valence-corrected chi connectivity index (χ3v) is 10.8. The van der Waals surface area contributed by atoms with E-state index < -0.39 is 0 Å². The fraction of sp³-hybridized carbons (Fsp3) is 0.0400. The number of fused-ring (bicyclic) bond motifs is 3. The largest absolute Gasteiger partial charge is 0.292 e. The van der Waals surface area contributed by atoms with E-state index in [1.807, 2.05) is 0 Å². The van der Waals surface area contributed by atoms with Gasteiger partial charge in [-0.15, -0.1) is 0 Å². The Labute approximate surface area is 314 Å². The lowest BCUT2D eigenvalue weighted by atomic mass is 9.84. The van der Waals surface area contributed by atoms with Crippen LogP contribution in [0.5, 0.6) is 0 Å². The summed E-state index contributed by atoms with van der Waals surface area (Å²) in [6, 6.07) is 64.4. The van der Waals surface area contributed by atoms with Gasteiger partial charge in [0.2, 0.25) is 0 Å². The molecular weight excluding hydrogens is 657 g/mol. The molecule has 10 rings (SSSR count). The van der Waals surface area contributed by atoms with Gasteiger partial charge in [-0.3, -0.25) is 9.13 Å². The van der Waals surface area contributed by atoms with Crippen LogP contribution in [0.4, 0.5) is 0 Å². The van der Waals surface area contributed by atoms with Crippen molar-refractivity contribution in [1.29, 1.82) is 0 Å².